The number of nitrogens with zero attached hydrogens (tertiary/aromatic N) is 1. The molecule has 0 aliphatic rings. The molecule has 0 fully saturated rings. The summed E-state index contributed by atoms with van der Waals surface area (Å²) in [5.74, 6) is -0.949. The first-order valence-corrected chi connectivity index (χ1v) is 11.8. The van der Waals surface area contributed by atoms with E-state index in [9.17, 15) is 18.0 Å². The third-order valence-corrected chi connectivity index (χ3v) is 7.48. The van der Waals surface area contributed by atoms with Crippen LogP contribution in [-0.4, -0.2) is 44.3 Å². The third-order valence-electron chi connectivity index (χ3n) is 4.51. The molecule has 0 atom stereocenters. The Bertz CT molecular complexity index is 1080. The van der Waals surface area contributed by atoms with Crippen LogP contribution in [0.3, 0.4) is 0 Å². The molecular formula is C22H26N2O5S2. The number of rotatable bonds is 10. The van der Waals surface area contributed by atoms with Gasteiger partial charge >= 0.3 is 5.97 Å². The monoisotopic (exact) mass is 462 g/mol. The summed E-state index contributed by atoms with van der Waals surface area (Å²) in [7, 11) is -3.75. The number of carbonyl (C=O) groups is 2. The van der Waals surface area contributed by atoms with Gasteiger partial charge in [-0.15, -0.1) is 24.5 Å². The van der Waals surface area contributed by atoms with Crippen molar-refractivity contribution >= 4 is 38.2 Å². The highest BCUT2D eigenvalue weighted by Gasteiger charge is 2.24. The number of esters is 1. The first-order chi connectivity index (χ1) is 14.7. The number of hydrogen-bond acceptors (Lipinski definition) is 6. The molecule has 1 amide bonds. The normalized spacial score (nSPS) is 11.2. The molecule has 1 aromatic carbocycles. The molecule has 0 unspecified atom stereocenters. The average Bonchev–Trinajstić information content (AvgIpc) is 3.01. The summed E-state index contributed by atoms with van der Waals surface area (Å²) in [5.41, 5.74) is 1.35. The van der Waals surface area contributed by atoms with Gasteiger partial charge in [-0.05, 0) is 50.6 Å². The summed E-state index contributed by atoms with van der Waals surface area (Å²) in [6.45, 7) is 13.0. The Morgan fingerprint density at radius 3 is 2.23 bits per heavy atom. The van der Waals surface area contributed by atoms with Crippen molar-refractivity contribution in [3.8, 4) is 0 Å². The van der Waals surface area contributed by atoms with Crippen LogP contribution in [0.2, 0.25) is 0 Å². The van der Waals surface area contributed by atoms with Gasteiger partial charge in [0.2, 0.25) is 10.0 Å². The molecule has 0 spiro atoms. The summed E-state index contributed by atoms with van der Waals surface area (Å²) in [5, 5.41) is 3.14. The molecule has 31 heavy (non-hydrogen) atoms. The maximum atomic E-state index is 12.8. The second-order valence-corrected chi connectivity index (χ2v) is 9.75. The molecule has 0 radical (unpaired) electrons. The number of amides is 1. The smallest absolute Gasteiger partial charge is 0.341 e. The summed E-state index contributed by atoms with van der Waals surface area (Å²) < 4.78 is 31.9. The second-order valence-electron chi connectivity index (χ2n) is 6.59. The Labute approximate surface area is 187 Å². The van der Waals surface area contributed by atoms with Crippen LogP contribution < -0.4 is 5.32 Å². The summed E-state index contributed by atoms with van der Waals surface area (Å²) >= 11 is 1.29. The number of aryl methyl sites for hydroxylation is 1. The predicted molar refractivity (Wildman–Crippen MR) is 123 cm³/mol. The topological polar surface area (TPSA) is 92.8 Å². The van der Waals surface area contributed by atoms with Gasteiger partial charge in [0.25, 0.3) is 5.91 Å². The Hall–Kier alpha value is -2.75. The average molecular weight is 463 g/mol. The van der Waals surface area contributed by atoms with Gasteiger partial charge in [-0.3, -0.25) is 4.79 Å². The van der Waals surface area contributed by atoms with Crippen LogP contribution >= 0.6 is 11.3 Å². The van der Waals surface area contributed by atoms with E-state index in [0.29, 0.717) is 10.6 Å². The van der Waals surface area contributed by atoms with Crippen LogP contribution in [0, 0.1) is 13.8 Å². The molecule has 7 nitrogen and oxygen atoms in total. The fraction of sp³-hybridized carbons (Fsp3) is 0.273. The van der Waals surface area contributed by atoms with Crippen molar-refractivity contribution in [1.29, 1.82) is 0 Å². The predicted octanol–water partition coefficient (Wildman–Crippen LogP) is 4.16. The van der Waals surface area contributed by atoms with Crippen molar-refractivity contribution in [3.63, 3.8) is 0 Å². The van der Waals surface area contributed by atoms with E-state index in [-0.39, 0.29) is 30.2 Å². The zero-order valence-corrected chi connectivity index (χ0v) is 19.4. The second kappa shape index (κ2) is 10.5. The Kier molecular flexibility index (Phi) is 8.32. The van der Waals surface area contributed by atoms with Crippen LogP contribution in [0.4, 0.5) is 5.00 Å². The minimum atomic E-state index is -3.75. The molecule has 0 aliphatic carbocycles. The van der Waals surface area contributed by atoms with Gasteiger partial charge in [-0.1, -0.05) is 12.2 Å². The lowest BCUT2D eigenvalue weighted by molar-refractivity contribution is 0.0527. The molecule has 166 valence electrons. The van der Waals surface area contributed by atoms with Crippen LogP contribution in [0.15, 0.2) is 54.5 Å². The fourth-order valence-corrected chi connectivity index (χ4v) is 5.25. The number of carbonyl (C=O) groups excluding carboxylic acids is 2. The number of anilines is 1. The third kappa shape index (κ3) is 5.49. The van der Waals surface area contributed by atoms with Gasteiger partial charge < -0.3 is 10.1 Å². The standard InChI is InChI=1S/C22H26N2O5S2/c1-6-13-24(14-7-2)31(27,28)18-11-9-17(10-12-18)20(25)23-21-19(22(26)29-8-3)15(4)16(5)30-21/h6-7,9-12H,1-2,8,13-14H2,3-5H3,(H,23,25). The molecule has 2 aromatic rings. The Balaban J connectivity index is 2.28. The molecule has 0 aliphatic heterocycles. The summed E-state index contributed by atoms with van der Waals surface area (Å²) in [6, 6.07) is 5.61. The van der Waals surface area contributed by atoms with Gasteiger partial charge in [-0.2, -0.15) is 4.31 Å². The minimum Gasteiger partial charge on any atom is -0.462 e. The Morgan fingerprint density at radius 2 is 1.71 bits per heavy atom. The zero-order chi connectivity index (χ0) is 23.2. The van der Waals surface area contributed by atoms with Gasteiger partial charge in [-0.25, -0.2) is 13.2 Å². The van der Waals surface area contributed by atoms with E-state index in [2.05, 4.69) is 18.5 Å². The van der Waals surface area contributed by atoms with Crippen molar-refractivity contribution in [1.82, 2.24) is 4.31 Å². The number of ether oxygens (including phenoxy) is 1. The van der Waals surface area contributed by atoms with E-state index in [4.69, 9.17) is 4.74 Å². The first kappa shape index (κ1) is 24.5. The summed E-state index contributed by atoms with van der Waals surface area (Å²) in [6.07, 6.45) is 2.99. The molecule has 1 N–H and O–H groups in total. The van der Waals surface area contributed by atoms with Crippen molar-refractivity contribution in [3.05, 3.63) is 71.1 Å². The van der Waals surface area contributed by atoms with E-state index in [1.807, 2.05) is 6.92 Å². The highest BCUT2D eigenvalue weighted by Crippen LogP contribution is 2.33. The highest BCUT2D eigenvalue weighted by atomic mass is 32.2. The van der Waals surface area contributed by atoms with E-state index in [0.717, 1.165) is 10.4 Å². The fourth-order valence-electron chi connectivity index (χ4n) is 2.83. The summed E-state index contributed by atoms with van der Waals surface area (Å²) in [4.78, 5) is 26.0. The lowest BCUT2D eigenvalue weighted by Crippen LogP contribution is -2.31. The van der Waals surface area contributed by atoms with Crippen LogP contribution in [0.1, 0.15) is 38.1 Å². The molecule has 1 aromatic heterocycles. The maximum Gasteiger partial charge on any atom is 0.341 e. The highest BCUT2D eigenvalue weighted by molar-refractivity contribution is 7.89. The number of hydrogen-bond donors (Lipinski definition) is 1. The molecular weight excluding hydrogens is 436 g/mol. The van der Waals surface area contributed by atoms with E-state index in [1.165, 1.54) is 52.1 Å². The van der Waals surface area contributed by atoms with E-state index in [1.54, 1.807) is 13.8 Å². The number of sulfonamides is 1. The Morgan fingerprint density at radius 1 is 1.13 bits per heavy atom. The van der Waals surface area contributed by atoms with Crippen LogP contribution in [-0.2, 0) is 14.8 Å². The van der Waals surface area contributed by atoms with Gasteiger partial charge in [0.15, 0.2) is 0 Å². The number of thiophene rings is 1. The van der Waals surface area contributed by atoms with Crippen molar-refractivity contribution in [2.75, 3.05) is 25.0 Å². The molecule has 0 bridgehead atoms. The zero-order valence-electron chi connectivity index (χ0n) is 17.8. The first-order valence-electron chi connectivity index (χ1n) is 9.57. The molecule has 2 rings (SSSR count). The largest absolute Gasteiger partial charge is 0.462 e. The minimum absolute atomic E-state index is 0.0581. The maximum absolute atomic E-state index is 12.8. The van der Waals surface area contributed by atoms with E-state index >= 15 is 0 Å². The molecule has 0 saturated heterocycles. The number of nitrogens with one attached hydrogen (secondary N) is 1. The van der Waals surface area contributed by atoms with Gasteiger partial charge in [0.05, 0.1) is 17.1 Å². The SMILES string of the molecule is C=CCN(CC=C)S(=O)(=O)c1ccc(C(=O)Nc2sc(C)c(C)c2C(=O)OCC)cc1. The van der Waals surface area contributed by atoms with Crippen LogP contribution in [0.25, 0.3) is 0 Å². The van der Waals surface area contributed by atoms with Crippen molar-refractivity contribution in [2.45, 2.75) is 25.7 Å². The van der Waals surface area contributed by atoms with Gasteiger partial charge in [0.1, 0.15) is 5.00 Å². The lowest BCUT2D eigenvalue weighted by atomic mass is 10.1. The molecule has 9 heteroatoms. The van der Waals surface area contributed by atoms with Crippen LogP contribution in [0.5, 0.6) is 0 Å². The molecule has 1 heterocycles. The lowest BCUT2D eigenvalue weighted by Gasteiger charge is -2.19. The molecule has 0 saturated carbocycles. The van der Waals surface area contributed by atoms with E-state index < -0.39 is 21.9 Å². The van der Waals surface area contributed by atoms with Crippen molar-refractivity contribution < 1.29 is 22.7 Å². The quantitative estimate of drug-likeness (QED) is 0.423. The van der Waals surface area contributed by atoms with Gasteiger partial charge in [0, 0.05) is 23.5 Å². The van der Waals surface area contributed by atoms with Crippen molar-refractivity contribution in [2.24, 2.45) is 0 Å². The number of benzene rings is 1.